The molecular weight excluding hydrogens is 456 g/mol. The van der Waals surface area contributed by atoms with Crippen LogP contribution < -0.4 is 20.1 Å². The number of nitrogens with one attached hydrogen (secondary N) is 2. The molecule has 2 aromatic rings. The molecule has 1 aliphatic rings. The molecule has 9 heteroatoms. The van der Waals surface area contributed by atoms with Crippen LogP contribution >= 0.6 is 15.9 Å². The molecule has 0 aliphatic carbocycles. The second-order valence-corrected chi connectivity index (χ2v) is 7.33. The highest BCUT2D eigenvalue weighted by Crippen LogP contribution is 2.27. The van der Waals surface area contributed by atoms with Crippen molar-refractivity contribution in [2.45, 2.75) is 20.4 Å². The summed E-state index contributed by atoms with van der Waals surface area (Å²) in [6.45, 7) is 2.76. The molecule has 2 aromatic carbocycles. The maximum atomic E-state index is 12.3. The molecule has 0 aromatic heterocycles. The van der Waals surface area contributed by atoms with Crippen LogP contribution in [0.4, 0.5) is 0 Å². The molecule has 0 fully saturated rings. The number of amides is 2. The predicted octanol–water partition coefficient (Wildman–Crippen LogP) is 2.70. The standard InChI is InChI=1S/C21H17BrN2O6/c1-11(25)29-15-5-13(6-16(8-15)30-12(2)26)9-23-10-19-18-7-14(22)3-4-17(18)20(27)24-21(19)28/h3-8,10,23H,9H2,1-2H3,(H,24,27,28). The Bertz CT molecular complexity index is 1060. The molecule has 8 nitrogen and oxygen atoms in total. The van der Waals surface area contributed by atoms with Crippen LogP contribution in [0.2, 0.25) is 0 Å². The van der Waals surface area contributed by atoms with Crippen molar-refractivity contribution in [1.82, 2.24) is 10.6 Å². The maximum absolute atomic E-state index is 12.3. The molecule has 2 N–H and O–H groups in total. The second kappa shape index (κ2) is 8.91. The van der Waals surface area contributed by atoms with E-state index in [-0.39, 0.29) is 18.0 Å². The second-order valence-electron chi connectivity index (χ2n) is 6.41. The molecule has 1 heterocycles. The normalized spacial score (nSPS) is 14.0. The minimum atomic E-state index is -0.521. The Morgan fingerprint density at radius 2 is 1.60 bits per heavy atom. The van der Waals surface area contributed by atoms with Gasteiger partial charge in [0.15, 0.2) is 0 Å². The number of carbonyl (C=O) groups excluding carboxylic acids is 4. The lowest BCUT2D eigenvalue weighted by Gasteiger charge is -2.18. The first-order chi connectivity index (χ1) is 14.2. The van der Waals surface area contributed by atoms with E-state index < -0.39 is 23.8 Å². The fourth-order valence-electron chi connectivity index (χ4n) is 2.89. The summed E-state index contributed by atoms with van der Waals surface area (Å²) in [7, 11) is 0. The predicted molar refractivity (Wildman–Crippen MR) is 110 cm³/mol. The van der Waals surface area contributed by atoms with Gasteiger partial charge in [-0.05, 0) is 35.9 Å². The van der Waals surface area contributed by atoms with E-state index in [1.807, 2.05) is 0 Å². The van der Waals surface area contributed by atoms with Gasteiger partial charge in [0, 0.05) is 48.3 Å². The van der Waals surface area contributed by atoms with Gasteiger partial charge in [-0.3, -0.25) is 24.5 Å². The molecule has 0 saturated heterocycles. The van der Waals surface area contributed by atoms with Gasteiger partial charge in [-0.1, -0.05) is 15.9 Å². The lowest BCUT2D eigenvalue weighted by atomic mass is 9.95. The van der Waals surface area contributed by atoms with Crippen LogP contribution in [-0.2, 0) is 20.9 Å². The number of imide groups is 1. The fraction of sp³-hybridized carbons (Fsp3) is 0.143. The summed E-state index contributed by atoms with van der Waals surface area (Å²) in [6, 6.07) is 9.68. The highest BCUT2D eigenvalue weighted by Gasteiger charge is 2.27. The summed E-state index contributed by atoms with van der Waals surface area (Å²) in [5.74, 6) is -1.56. The number of halogens is 1. The molecule has 3 rings (SSSR count). The summed E-state index contributed by atoms with van der Waals surface area (Å²) in [4.78, 5) is 46.8. The summed E-state index contributed by atoms with van der Waals surface area (Å²) < 4.78 is 10.9. The highest BCUT2D eigenvalue weighted by molar-refractivity contribution is 9.10. The number of fused-ring (bicyclic) bond motifs is 1. The van der Waals surface area contributed by atoms with Crippen LogP contribution in [0, 0.1) is 0 Å². The number of rotatable bonds is 5. The maximum Gasteiger partial charge on any atom is 0.308 e. The van der Waals surface area contributed by atoms with Crippen molar-refractivity contribution < 1.29 is 28.7 Å². The van der Waals surface area contributed by atoms with Crippen LogP contribution in [0.15, 0.2) is 47.1 Å². The zero-order valence-electron chi connectivity index (χ0n) is 16.1. The zero-order chi connectivity index (χ0) is 21.8. The van der Waals surface area contributed by atoms with Crippen LogP contribution in [-0.4, -0.2) is 23.8 Å². The van der Waals surface area contributed by atoms with Gasteiger partial charge in [-0.25, -0.2) is 0 Å². The van der Waals surface area contributed by atoms with Crippen molar-refractivity contribution in [1.29, 1.82) is 0 Å². The van der Waals surface area contributed by atoms with E-state index in [0.717, 1.165) is 4.47 Å². The Morgan fingerprint density at radius 3 is 2.20 bits per heavy atom. The first kappa shape index (κ1) is 21.3. The van der Waals surface area contributed by atoms with Crippen LogP contribution in [0.25, 0.3) is 5.57 Å². The minimum Gasteiger partial charge on any atom is -0.427 e. The van der Waals surface area contributed by atoms with Crippen LogP contribution in [0.3, 0.4) is 0 Å². The smallest absolute Gasteiger partial charge is 0.308 e. The zero-order valence-corrected chi connectivity index (χ0v) is 17.7. The van der Waals surface area contributed by atoms with Gasteiger partial charge in [0.05, 0.1) is 5.57 Å². The third-order valence-electron chi connectivity index (χ3n) is 4.00. The van der Waals surface area contributed by atoms with Crippen LogP contribution in [0.1, 0.15) is 35.3 Å². The Kier molecular flexibility index (Phi) is 6.31. The largest absolute Gasteiger partial charge is 0.427 e. The van der Waals surface area contributed by atoms with Crippen molar-refractivity contribution in [2.24, 2.45) is 0 Å². The van der Waals surface area contributed by atoms with Crippen molar-refractivity contribution in [3.05, 3.63) is 63.8 Å². The molecule has 30 heavy (non-hydrogen) atoms. The number of hydrogen-bond donors (Lipinski definition) is 2. The lowest BCUT2D eigenvalue weighted by molar-refractivity contribution is -0.132. The quantitative estimate of drug-likeness (QED) is 0.297. The third kappa shape index (κ3) is 5.12. The molecule has 0 saturated carbocycles. The molecule has 1 aliphatic heterocycles. The van der Waals surface area contributed by atoms with E-state index >= 15 is 0 Å². The monoisotopic (exact) mass is 472 g/mol. The summed E-state index contributed by atoms with van der Waals surface area (Å²) in [5, 5.41) is 5.31. The SMILES string of the molecule is CC(=O)Oc1cc(CNC=C2C(=O)NC(=O)c3ccc(Br)cc32)cc(OC(C)=O)c1. The van der Waals surface area contributed by atoms with Crippen molar-refractivity contribution in [3.8, 4) is 11.5 Å². The third-order valence-corrected chi connectivity index (χ3v) is 4.50. The molecule has 0 unspecified atom stereocenters. The van der Waals surface area contributed by atoms with E-state index in [1.165, 1.54) is 26.1 Å². The number of ether oxygens (including phenoxy) is 2. The van der Waals surface area contributed by atoms with E-state index in [1.54, 1.807) is 30.3 Å². The van der Waals surface area contributed by atoms with E-state index in [0.29, 0.717) is 22.3 Å². The first-order valence-electron chi connectivity index (χ1n) is 8.83. The van der Waals surface area contributed by atoms with Gasteiger partial charge >= 0.3 is 11.9 Å². The van der Waals surface area contributed by atoms with Crippen molar-refractivity contribution >= 4 is 45.3 Å². The Labute approximate surface area is 180 Å². The molecule has 154 valence electrons. The lowest BCUT2D eigenvalue weighted by Crippen LogP contribution is -2.37. The first-order valence-corrected chi connectivity index (χ1v) is 9.62. The fourth-order valence-corrected chi connectivity index (χ4v) is 3.26. The molecule has 0 spiro atoms. The number of esters is 2. The molecule has 0 radical (unpaired) electrons. The number of hydrogen-bond acceptors (Lipinski definition) is 7. The Balaban J connectivity index is 1.85. The topological polar surface area (TPSA) is 111 Å². The summed E-state index contributed by atoms with van der Waals surface area (Å²) >= 11 is 3.34. The summed E-state index contributed by atoms with van der Waals surface area (Å²) in [5.41, 5.74) is 1.82. The Morgan fingerprint density at radius 1 is 0.967 bits per heavy atom. The van der Waals surface area contributed by atoms with Gasteiger partial charge < -0.3 is 14.8 Å². The van der Waals surface area contributed by atoms with Gasteiger partial charge in [0.25, 0.3) is 11.8 Å². The summed E-state index contributed by atoms with van der Waals surface area (Å²) in [6.07, 6.45) is 1.50. The Hall–Kier alpha value is -3.46. The van der Waals surface area contributed by atoms with E-state index in [2.05, 4.69) is 26.6 Å². The average molecular weight is 473 g/mol. The number of benzene rings is 2. The van der Waals surface area contributed by atoms with Crippen LogP contribution in [0.5, 0.6) is 11.5 Å². The molecule has 0 bridgehead atoms. The van der Waals surface area contributed by atoms with E-state index in [9.17, 15) is 19.2 Å². The van der Waals surface area contributed by atoms with Crippen molar-refractivity contribution in [2.75, 3.05) is 0 Å². The minimum absolute atomic E-state index is 0.223. The van der Waals surface area contributed by atoms with E-state index in [4.69, 9.17) is 9.47 Å². The van der Waals surface area contributed by atoms with Gasteiger partial charge in [0.1, 0.15) is 11.5 Å². The van der Waals surface area contributed by atoms with Gasteiger partial charge in [-0.2, -0.15) is 0 Å². The molecule has 0 atom stereocenters. The highest BCUT2D eigenvalue weighted by atomic mass is 79.9. The van der Waals surface area contributed by atoms with Gasteiger partial charge in [-0.15, -0.1) is 0 Å². The van der Waals surface area contributed by atoms with Gasteiger partial charge in [0.2, 0.25) is 0 Å². The number of carbonyl (C=O) groups is 4. The van der Waals surface area contributed by atoms with Crippen molar-refractivity contribution in [3.63, 3.8) is 0 Å². The molecule has 2 amide bonds. The molecular formula is C21H17BrN2O6. The average Bonchev–Trinajstić information content (AvgIpc) is 2.62.